The quantitative estimate of drug-likeness (QED) is 0.376. The number of hydrogen-bond donors (Lipinski definition) is 2. The molecule has 1 saturated heterocycles. The van der Waals surface area contributed by atoms with Crippen LogP contribution in [0.25, 0.3) is 0 Å². The van der Waals surface area contributed by atoms with Crippen LogP contribution in [0.3, 0.4) is 0 Å². The van der Waals surface area contributed by atoms with Gasteiger partial charge in [-0.05, 0) is 49.9 Å². The van der Waals surface area contributed by atoms with E-state index in [0.717, 1.165) is 18.9 Å². The molecule has 0 radical (unpaired) electrons. The van der Waals surface area contributed by atoms with Gasteiger partial charge in [0.2, 0.25) is 5.91 Å². The summed E-state index contributed by atoms with van der Waals surface area (Å²) in [5, 5.41) is 5.57. The van der Waals surface area contributed by atoms with Crippen molar-refractivity contribution in [1.82, 2.24) is 10.2 Å². The van der Waals surface area contributed by atoms with Gasteiger partial charge in [0.25, 0.3) is 5.91 Å². The molecular formula is C27H30ClF5N4O2. The van der Waals surface area contributed by atoms with E-state index in [0.29, 0.717) is 48.4 Å². The number of benzene rings is 2. The van der Waals surface area contributed by atoms with Gasteiger partial charge >= 0.3 is 6.18 Å². The summed E-state index contributed by atoms with van der Waals surface area (Å²) in [5.41, 5.74) is 0.245. The third-order valence-corrected chi connectivity index (χ3v) is 7.23. The van der Waals surface area contributed by atoms with Gasteiger partial charge in [-0.1, -0.05) is 17.7 Å². The van der Waals surface area contributed by atoms with Crippen LogP contribution in [-0.2, 0) is 11.3 Å². The van der Waals surface area contributed by atoms with E-state index in [9.17, 15) is 31.5 Å². The molecule has 0 unspecified atom stereocenters. The minimum absolute atomic E-state index is 0.0717. The summed E-state index contributed by atoms with van der Waals surface area (Å²) in [6.07, 6.45) is -2.79. The van der Waals surface area contributed by atoms with Gasteiger partial charge in [-0.15, -0.1) is 0 Å². The lowest BCUT2D eigenvalue weighted by Gasteiger charge is -2.42. The van der Waals surface area contributed by atoms with Crippen LogP contribution in [0.4, 0.5) is 33.3 Å². The molecule has 2 N–H and O–H groups in total. The summed E-state index contributed by atoms with van der Waals surface area (Å²) < 4.78 is 67.5. The van der Waals surface area contributed by atoms with Crippen LogP contribution < -0.4 is 15.5 Å². The van der Waals surface area contributed by atoms with Crippen LogP contribution in [0.5, 0.6) is 0 Å². The second kappa shape index (κ2) is 12.1. The first-order valence-corrected chi connectivity index (χ1v) is 13.2. The molecule has 1 saturated carbocycles. The number of carbonyl (C=O) groups excluding carboxylic acids is 2. The molecule has 39 heavy (non-hydrogen) atoms. The van der Waals surface area contributed by atoms with Crippen LogP contribution in [0.2, 0.25) is 5.02 Å². The predicted molar refractivity (Wildman–Crippen MR) is 139 cm³/mol. The topological polar surface area (TPSA) is 64.7 Å². The monoisotopic (exact) mass is 572 g/mol. The van der Waals surface area contributed by atoms with Gasteiger partial charge in [-0.3, -0.25) is 14.5 Å². The van der Waals surface area contributed by atoms with Crippen LogP contribution in [-0.4, -0.2) is 55.1 Å². The fourth-order valence-corrected chi connectivity index (χ4v) is 4.83. The van der Waals surface area contributed by atoms with Gasteiger partial charge in [0.05, 0.1) is 23.4 Å². The number of piperazine rings is 1. The van der Waals surface area contributed by atoms with Crippen molar-refractivity contribution in [2.24, 2.45) is 5.92 Å². The lowest BCUT2D eigenvalue weighted by molar-refractivity contribution is -0.138. The second-order valence-electron chi connectivity index (χ2n) is 10.1. The second-order valence-corrected chi connectivity index (χ2v) is 10.6. The van der Waals surface area contributed by atoms with Gasteiger partial charge in [-0.25, -0.2) is 8.78 Å². The van der Waals surface area contributed by atoms with Crippen molar-refractivity contribution in [2.75, 3.05) is 36.4 Å². The molecule has 0 spiro atoms. The molecule has 1 aliphatic heterocycles. The molecule has 2 aromatic rings. The molecule has 4 rings (SSSR count). The summed E-state index contributed by atoms with van der Waals surface area (Å²) in [6, 6.07) is 6.91. The maximum Gasteiger partial charge on any atom is 0.390 e. The summed E-state index contributed by atoms with van der Waals surface area (Å²) >= 11 is 6.20. The van der Waals surface area contributed by atoms with Crippen molar-refractivity contribution in [2.45, 2.75) is 51.4 Å². The summed E-state index contributed by atoms with van der Waals surface area (Å²) in [7, 11) is 0. The van der Waals surface area contributed by atoms with Crippen LogP contribution in [0.1, 0.15) is 48.5 Å². The number of nitrogens with one attached hydrogen (secondary N) is 2. The SMILES string of the molecule is C[C@@H]1CN(CCC(F)(F)F)CCN1c1cc(Cl)ccc1NC(=O)c1ccc(CNC(=O)CC2CC2)c(F)c1F. The number of hydrogen-bond acceptors (Lipinski definition) is 4. The normalized spacial score (nSPS) is 18.2. The Kier molecular flexibility index (Phi) is 9.00. The summed E-state index contributed by atoms with van der Waals surface area (Å²) in [6.45, 7) is 2.68. The van der Waals surface area contributed by atoms with Crippen LogP contribution >= 0.6 is 11.6 Å². The summed E-state index contributed by atoms with van der Waals surface area (Å²) in [5.74, 6) is -3.30. The van der Waals surface area contributed by atoms with E-state index in [4.69, 9.17) is 11.6 Å². The number of carbonyl (C=O) groups is 2. The zero-order chi connectivity index (χ0) is 28.3. The fourth-order valence-electron chi connectivity index (χ4n) is 4.67. The van der Waals surface area contributed by atoms with Crippen molar-refractivity contribution in [1.29, 1.82) is 0 Å². The molecule has 0 bridgehead atoms. The highest BCUT2D eigenvalue weighted by molar-refractivity contribution is 6.31. The number of alkyl halides is 3. The van der Waals surface area contributed by atoms with Gasteiger partial charge in [-0.2, -0.15) is 13.2 Å². The van der Waals surface area contributed by atoms with E-state index in [1.54, 1.807) is 11.0 Å². The first-order valence-electron chi connectivity index (χ1n) is 12.8. The fraction of sp³-hybridized carbons (Fsp3) is 0.481. The van der Waals surface area contributed by atoms with E-state index in [1.807, 2.05) is 11.8 Å². The maximum absolute atomic E-state index is 14.9. The molecule has 2 aromatic carbocycles. The van der Waals surface area contributed by atoms with Crippen molar-refractivity contribution < 1.29 is 31.5 Å². The Morgan fingerprint density at radius 3 is 2.49 bits per heavy atom. The Morgan fingerprint density at radius 1 is 1.08 bits per heavy atom. The minimum atomic E-state index is -4.23. The lowest BCUT2D eigenvalue weighted by Crippen LogP contribution is -2.52. The minimum Gasteiger partial charge on any atom is -0.365 e. The van der Waals surface area contributed by atoms with Crippen LogP contribution in [0, 0.1) is 17.6 Å². The molecule has 1 atom stereocenters. The molecule has 2 fully saturated rings. The molecule has 6 nitrogen and oxygen atoms in total. The zero-order valence-corrected chi connectivity index (χ0v) is 22.1. The average molecular weight is 573 g/mol. The highest BCUT2D eigenvalue weighted by atomic mass is 35.5. The lowest BCUT2D eigenvalue weighted by atomic mass is 10.1. The first-order chi connectivity index (χ1) is 18.4. The average Bonchev–Trinajstić information content (AvgIpc) is 3.68. The Bertz CT molecular complexity index is 1220. The van der Waals surface area contributed by atoms with Crippen molar-refractivity contribution in [3.8, 4) is 0 Å². The van der Waals surface area contributed by atoms with Gasteiger partial charge in [0.1, 0.15) is 0 Å². The molecule has 0 aromatic heterocycles. The van der Waals surface area contributed by atoms with Crippen molar-refractivity contribution >= 4 is 34.8 Å². The molecule has 2 aliphatic rings. The molecule has 1 aliphatic carbocycles. The molecule has 2 amide bonds. The van der Waals surface area contributed by atoms with Gasteiger partial charge < -0.3 is 15.5 Å². The third kappa shape index (κ3) is 7.82. The Labute approximate surface area is 228 Å². The molecule has 12 heteroatoms. The molecule has 1 heterocycles. The van der Waals surface area contributed by atoms with E-state index >= 15 is 0 Å². The molecular weight excluding hydrogens is 543 g/mol. The highest BCUT2D eigenvalue weighted by Gasteiger charge is 2.31. The van der Waals surface area contributed by atoms with Gasteiger partial charge in [0.15, 0.2) is 11.6 Å². The van der Waals surface area contributed by atoms with Gasteiger partial charge in [0, 0.05) is 55.8 Å². The number of nitrogens with zero attached hydrogens (tertiary/aromatic N) is 2. The largest absolute Gasteiger partial charge is 0.390 e. The smallest absolute Gasteiger partial charge is 0.365 e. The van der Waals surface area contributed by atoms with E-state index in [2.05, 4.69) is 10.6 Å². The standard InChI is InChI=1S/C27H30ClF5N4O2/c1-16-15-36(9-8-27(31,32)33)10-11-37(16)22-13-19(28)5-7-21(22)35-26(39)20-6-4-18(24(29)25(20)30)14-34-23(38)12-17-2-3-17/h4-7,13,16-17H,2-3,8-12,14-15H2,1H3,(H,34,38)(H,35,39)/t16-/m1/s1. The number of rotatable bonds is 9. The van der Waals surface area contributed by atoms with E-state index in [-0.39, 0.29) is 30.6 Å². The zero-order valence-electron chi connectivity index (χ0n) is 21.4. The van der Waals surface area contributed by atoms with E-state index in [1.165, 1.54) is 18.2 Å². The van der Waals surface area contributed by atoms with E-state index < -0.39 is 35.7 Å². The Balaban J connectivity index is 1.44. The highest BCUT2D eigenvalue weighted by Crippen LogP contribution is 2.34. The van der Waals surface area contributed by atoms with Crippen LogP contribution in [0.15, 0.2) is 30.3 Å². The molecule has 212 valence electrons. The maximum atomic E-state index is 14.9. The number of anilines is 2. The Hall–Kier alpha value is -2.92. The Morgan fingerprint density at radius 2 is 1.82 bits per heavy atom. The first kappa shape index (κ1) is 29.1. The number of halogens is 6. The van der Waals surface area contributed by atoms with Crippen molar-refractivity contribution in [3.63, 3.8) is 0 Å². The van der Waals surface area contributed by atoms with Crippen molar-refractivity contribution in [3.05, 3.63) is 58.1 Å². The summed E-state index contributed by atoms with van der Waals surface area (Å²) in [4.78, 5) is 28.5. The predicted octanol–water partition coefficient (Wildman–Crippen LogP) is 5.75. The number of amides is 2. The third-order valence-electron chi connectivity index (χ3n) is 6.99.